The highest BCUT2D eigenvalue weighted by atomic mass is 32.2. The first kappa shape index (κ1) is 14.9. The zero-order chi connectivity index (χ0) is 12.5. The number of halogens is 3. The van der Waals surface area contributed by atoms with Gasteiger partial charge in [0.1, 0.15) is 0 Å². The second-order valence-corrected chi connectivity index (χ2v) is 8.73. The molecule has 92 valence electrons. The Kier molecular flexibility index (Phi) is 4.40. The molecule has 8 heteroatoms. The predicted molar refractivity (Wildman–Crippen MR) is 53.5 cm³/mol. The van der Waals surface area contributed by atoms with Crippen LogP contribution in [0.2, 0.25) is 5.04 Å². The Morgan fingerprint density at radius 2 is 1.60 bits per heavy atom. The van der Waals surface area contributed by atoms with E-state index in [1.165, 1.54) is 0 Å². The molecule has 0 atom stereocenters. The van der Waals surface area contributed by atoms with Crippen LogP contribution in [0.5, 0.6) is 0 Å². The molecular formula is C7H15F3O3SSi. The molecule has 0 aromatic carbocycles. The van der Waals surface area contributed by atoms with E-state index in [4.69, 9.17) is 0 Å². The quantitative estimate of drug-likeness (QED) is 0.574. The van der Waals surface area contributed by atoms with Crippen LogP contribution in [0, 0.1) is 5.92 Å². The lowest BCUT2D eigenvalue weighted by Gasteiger charge is -2.27. The monoisotopic (exact) mass is 264 g/mol. The van der Waals surface area contributed by atoms with Crippen LogP contribution >= 0.6 is 0 Å². The molecule has 0 saturated heterocycles. The summed E-state index contributed by atoms with van der Waals surface area (Å²) in [6.45, 7) is 7.04. The summed E-state index contributed by atoms with van der Waals surface area (Å²) in [5.74, 6) is 0.0765. The van der Waals surface area contributed by atoms with E-state index in [1.807, 2.05) is 13.8 Å². The van der Waals surface area contributed by atoms with Gasteiger partial charge >= 0.3 is 15.6 Å². The maximum absolute atomic E-state index is 11.9. The lowest BCUT2D eigenvalue weighted by atomic mass is 9.99. The summed E-state index contributed by atoms with van der Waals surface area (Å²) in [5.41, 5.74) is -5.31. The second-order valence-electron chi connectivity index (χ2n) is 4.31. The van der Waals surface area contributed by atoms with E-state index in [2.05, 4.69) is 3.87 Å². The van der Waals surface area contributed by atoms with Gasteiger partial charge in [0.2, 0.25) is 0 Å². The van der Waals surface area contributed by atoms with Gasteiger partial charge in [0.25, 0.3) is 0 Å². The summed E-state index contributed by atoms with van der Waals surface area (Å²) in [6, 6.07) is 0. The minimum Gasteiger partial charge on any atom is -0.315 e. The summed E-state index contributed by atoms with van der Waals surface area (Å²) in [4.78, 5) is 0. The first-order valence-corrected chi connectivity index (χ1v) is 7.05. The molecule has 0 aromatic rings. The van der Waals surface area contributed by atoms with Crippen LogP contribution in [-0.2, 0) is 14.0 Å². The number of alkyl halides is 3. The molecule has 0 bridgehead atoms. The van der Waals surface area contributed by atoms with E-state index >= 15 is 0 Å². The Hall–Kier alpha value is -0.0831. The highest BCUT2D eigenvalue weighted by molar-refractivity contribution is 7.88. The van der Waals surface area contributed by atoms with Crippen molar-refractivity contribution in [3.8, 4) is 0 Å². The fourth-order valence-electron chi connectivity index (χ4n) is 0.463. The van der Waals surface area contributed by atoms with E-state index in [-0.39, 0.29) is 5.92 Å². The lowest BCUT2D eigenvalue weighted by molar-refractivity contribution is -0.0500. The summed E-state index contributed by atoms with van der Waals surface area (Å²) in [5, 5.41) is -0.488. The van der Waals surface area contributed by atoms with Gasteiger partial charge in [-0.1, -0.05) is 27.7 Å². The Morgan fingerprint density at radius 1 is 1.20 bits per heavy atom. The summed E-state index contributed by atoms with van der Waals surface area (Å²) in [7, 11) is -7.20. The second kappa shape index (κ2) is 4.42. The molecule has 0 heterocycles. The van der Waals surface area contributed by atoms with Crippen LogP contribution < -0.4 is 0 Å². The third kappa shape index (κ3) is 4.11. The molecule has 0 aliphatic carbocycles. The van der Waals surface area contributed by atoms with Crippen LogP contribution in [0.3, 0.4) is 0 Å². The van der Waals surface area contributed by atoms with Gasteiger partial charge in [0.15, 0.2) is 9.76 Å². The van der Waals surface area contributed by atoms with Gasteiger partial charge in [-0.05, 0) is 11.0 Å². The van der Waals surface area contributed by atoms with E-state index in [1.54, 1.807) is 13.8 Å². The van der Waals surface area contributed by atoms with Gasteiger partial charge in [0.05, 0.1) is 0 Å². The van der Waals surface area contributed by atoms with Crippen molar-refractivity contribution < 1.29 is 25.5 Å². The number of hydrogen-bond donors (Lipinski definition) is 0. The van der Waals surface area contributed by atoms with Crippen molar-refractivity contribution in [2.24, 2.45) is 5.92 Å². The molecule has 0 unspecified atom stereocenters. The van der Waals surface area contributed by atoms with Crippen LogP contribution in [-0.4, -0.2) is 23.7 Å². The number of hydrogen-bond acceptors (Lipinski definition) is 3. The maximum Gasteiger partial charge on any atom is 0.522 e. The maximum atomic E-state index is 11.9. The lowest BCUT2D eigenvalue weighted by Crippen LogP contribution is -2.31. The standard InChI is InChI=1S/C7H15F3O3SSi/c1-5(2)6(3,4)15-13-14(11,12)7(8,9)10/h5H,15H2,1-4H3. The van der Waals surface area contributed by atoms with E-state index in [0.29, 0.717) is 0 Å². The molecule has 0 spiro atoms. The van der Waals surface area contributed by atoms with Crippen molar-refractivity contribution >= 4 is 19.9 Å². The molecule has 0 aliphatic rings. The molecule has 0 N–H and O–H groups in total. The van der Waals surface area contributed by atoms with Crippen molar-refractivity contribution in [3.63, 3.8) is 0 Å². The largest absolute Gasteiger partial charge is 0.522 e. The van der Waals surface area contributed by atoms with E-state index < -0.39 is 30.4 Å². The average Bonchev–Trinajstić information content (AvgIpc) is 1.99. The summed E-state index contributed by atoms with van der Waals surface area (Å²) < 4.78 is 61.1. The van der Waals surface area contributed by atoms with Crippen LogP contribution in [0.25, 0.3) is 0 Å². The fourth-order valence-corrected chi connectivity index (χ4v) is 3.17. The van der Waals surface area contributed by atoms with Gasteiger partial charge in [-0.25, -0.2) is 0 Å². The SMILES string of the molecule is CC(C)C(C)(C)[SiH2]OS(=O)(=O)C(F)(F)F. The van der Waals surface area contributed by atoms with Crippen LogP contribution in [0.1, 0.15) is 27.7 Å². The third-order valence-electron chi connectivity index (χ3n) is 2.43. The molecule has 15 heavy (non-hydrogen) atoms. The highest BCUT2D eigenvalue weighted by Crippen LogP contribution is 2.34. The Labute approximate surface area is 90.1 Å². The molecule has 0 rings (SSSR count). The molecular weight excluding hydrogens is 249 g/mol. The average molecular weight is 264 g/mol. The predicted octanol–water partition coefficient (Wildman–Crippen LogP) is 1.79. The fraction of sp³-hybridized carbons (Fsp3) is 1.00. The van der Waals surface area contributed by atoms with Gasteiger partial charge in [-0.3, -0.25) is 0 Å². The molecule has 0 aromatic heterocycles. The topological polar surface area (TPSA) is 43.4 Å². The van der Waals surface area contributed by atoms with Crippen LogP contribution in [0.15, 0.2) is 0 Å². The van der Waals surface area contributed by atoms with E-state index in [0.717, 1.165) is 0 Å². The first-order valence-electron chi connectivity index (χ1n) is 4.36. The Bertz CT molecular complexity index is 308. The molecule has 0 radical (unpaired) electrons. The van der Waals surface area contributed by atoms with E-state index in [9.17, 15) is 21.6 Å². The first-order chi connectivity index (χ1) is 6.40. The van der Waals surface area contributed by atoms with Crippen LogP contribution in [0.4, 0.5) is 13.2 Å². The van der Waals surface area contributed by atoms with Crippen molar-refractivity contribution in [1.82, 2.24) is 0 Å². The highest BCUT2D eigenvalue weighted by Gasteiger charge is 2.47. The molecule has 0 saturated carbocycles. The van der Waals surface area contributed by atoms with Crippen molar-refractivity contribution in [2.45, 2.75) is 38.2 Å². The van der Waals surface area contributed by atoms with Gasteiger partial charge < -0.3 is 3.87 Å². The minimum atomic E-state index is -5.40. The molecule has 3 nitrogen and oxygen atoms in total. The van der Waals surface area contributed by atoms with Gasteiger partial charge in [-0.2, -0.15) is 21.6 Å². The van der Waals surface area contributed by atoms with Crippen molar-refractivity contribution in [3.05, 3.63) is 0 Å². The summed E-state index contributed by atoms with van der Waals surface area (Å²) >= 11 is 0. The minimum absolute atomic E-state index is 0.0765. The zero-order valence-electron chi connectivity index (χ0n) is 9.05. The molecule has 0 aliphatic heterocycles. The Morgan fingerprint density at radius 3 is 1.87 bits per heavy atom. The number of rotatable bonds is 4. The summed E-state index contributed by atoms with van der Waals surface area (Å²) in [6.07, 6.45) is 0. The normalized spacial score (nSPS) is 15.5. The molecule has 0 fully saturated rings. The van der Waals surface area contributed by atoms with Gasteiger partial charge in [-0.15, -0.1) is 0 Å². The Balaban J connectivity index is 4.55. The van der Waals surface area contributed by atoms with Gasteiger partial charge in [0, 0.05) is 0 Å². The smallest absolute Gasteiger partial charge is 0.315 e. The zero-order valence-corrected chi connectivity index (χ0v) is 11.3. The third-order valence-corrected chi connectivity index (χ3v) is 6.27. The van der Waals surface area contributed by atoms with Crippen molar-refractivity contribution in [2.75, 3.05) is 0 Å². The van der Waals surface area contributed by atoms with Crippen molar-refractivity contribution in [1.29, 1.82) is 0 Å². The molecule has 0 amide bonds.